The highest BCUT2D eigenvalue weighted by Crippen LogP contribution is 2.21. The van der Waals surface area contributed by atoms with Gasteiger partial charge in [-0.25, -0.2) is 4.79 Å². The lowest BCUT2D eigenvalue weighted by atomic mass is 10.2. The second kappa shape index (κ2) is 10.2. The summed E-state index contributed by atoms with van der Waals surface area (Å²) < 4.78 is 11.8. The van der Waals surface area contributed by atoms with E-state index in [0.717, 1.165) is 0 Å². The van der Waals surface area contributed by atoms with Crippen molar-refractivity contribution >= 4 is 34.3 Å². The number of hydrogen-bond acceptors (Lipinski definition) is 7. The summed E-state index contributed by atoms with van der Waals surface area (Å²) in [6, 6.07) is 10.6. The second-order valence-electron chi connectivity index (χ2n) is 6.85. The zero-order chi connectivity index (χ0) is 23.1. The number of nitro benzene ring substituents is 1. The number of likely N-dealkylation sites (N-methyl/N-ethyl adjacent to an activating group) is 1. The largest absolute Gasteiger partial charge is 0.484 e. The molecular formula is C21H22N4O7. The first kappa shape index (κ1) is 22.5. The number of nitro groups is 1. The Kier molecular flexibility index (Phi) is 7.21. The number of nitrogens with one attached hydrogen (secondary N) is 2. The van der Waals surface area contributed by atoms with Gasteiger partial charge in [-0.1, -0.05) is 6.07 Å². The van der Waals surface area contributed by atoms with Crippen LogP contribution in [0.5, 0.6) is 5.75 Å². The quantitative estimate of drug-likeness (QED) is 0.362. The Morgan fingerprint density at radius 2 is 2.00 bits per heavy atom. The average Bonchev–Trinajstić information content (AvgIpc) is 3.07. The molecule has 2 amide bonds. The van der Waals surface area contributed by atoms with Gasteiger partial charge in [-0.15, -0.1) is 0 Å². The molecule has 32 heavy (non-hydrogen) atoms. The first-order valence-electron chi connectivity index (χ1n) is 9.94. The maximum atomic E-state index is 12.3. The first-order chi connectivity index (χ1) is 15.4. The molecule has 11 heteroatoms. The smallest absolute Gasteiger partial charge is 0.419 e. The molecule has 0 spiro atoms. The third-order valence-electron chi connectivity index (χ3n) is 4.51. The Hall–Kier alpha value is -4.15. The number of aromatic nitrogens is 1. The number of carbonyl (C=O) groups is 2. The number of amides is 2. The van der Waals surface area contributed by atoms with Gasteiger partial charge in [0, 0.05) is 37.3 Å². The molecule has 0 bridgehead atoms. The van der Waals surface area contributed by atoms with Crippen LogP contribution in [-0.2, 0) is 16.1 Å². The molecule has 0 radical (unpaired) electrons. The molecule has 1 aromatic heterocycles. The van der Waals surface area contributed by atoms with E-state index in [1.165, 1.54) is 22.8 Å². The normalized spacial score (nSPS) is 10.7. The molecule has 0 atom stereocenters. The number of nitrogens with zero attached hydrogens (tertiary/aromatic N) is 2. The van der Waals surface area contributed by atoms with Crippen LogP contribution in [-0.4, -0.2) is 34.5 Å². The van der Waals surface area contributed by atoms with Gasteiger partial charge in [0.25, 0.3) is 11.6 Å². The summed E-state index contributed by atoms with van der Waals surface area (Å²) in [6.45, 7) is 2.42. The van der Waals surface area contributed by atoms with Gasteiger partial charge in [0.05, 0.1) is 16.5 Å². The minimum absolute atomic E-state index is 0.123. The van der Waals surface area contributed by atoms with Crippen molar-refractivity contribution in [1.82, 2.24) is 9.88 Å². The standard InChI is InChI=1S/C21H22N4O7/c1-2-22-20(27)13-31-16-6-3-5-14(11-16)23-19(26)7-4-10-24-17-9-8-15(25(29)30)12-18(17)32-21(24)28/h3,5-6,8-9,11-12H,2,4,7,10,13H2,1H3,(H,22,27)(H,23,26). The summed E-state index contributed by atoms with van der Waals surface area (Å²) in [5, 5.41) is 16.2. The molecule has 0 aliphatic heterocycles. The Morgan fingerprint density at radius 3 is 2.75 bits per heavy atom. The van der Waals surface area contributed by atoms with E-state index in [0.29, 0.717) is 29.9 Å². The van der Waals surface area contributed by atoms with E-state index >= 15 is 0 Å². The van der Waals surface area contributed by atoms with Crippen LogP contribution in [0.4, 0.5) is 11.4 Å². The molecule has 0 fully saturated rings. The Bertz CT molecular complexity index is 1200. The summed E-state index contributed by atoms with van der Waals surface area (Å²) in [4.78, 5) is 46.1. The number of hydrogen-bond donors (Lipinski definition) is 2. The van der Waals surface area contributed by atoms with Crippen LogP contribution >= 0.6 is 0 Å². The van der Waals surface area contributed by atoms with Crippen LogP contribution in [0.1, 0.15) is 19.8 Å². The zero-order valence-electron chi connectivity index (χ0n) is 17.3. The molecule has 3 aromatic rings. The van der Waals surface area contributed by atoms with Gasteiger partial charge in [0.2, 0.25) is 5.91 Å². The van der Waals surface area contributed by atoms with E-state index in [1.54, 1.807) is 24.3 Å². The predicted octanol–water partition coefficient (Wildman–Crippen LogP) is 2.44. The number of fused-ring (bicyclic) bond motifs is 1. The van der Waals surface area contributed by atoms with Gasteiger partial charge in [-0.3, -0.25) is 24.3 Å². The van der Waals surface area contributed by atoms with Crippen molar-refractivity contribution in [1.29, 1.82) is 0 Å². The molecule has 0 aliphatic rings. The summed E-state index contributed by atoms with van der Waals surface area (Å²) in [7, 11) is 0. The van der Waals surface area contributed by atoms with Crippen molar-refractivity contribution in [3.8, 4) is 5.75 Å². The molecular weight excluding hydrogens is 420 g/mol. The molecule has 1 heterocycles. The van der Waals surface area contributed by atoms with Gasteiger partial charge >= 0.3 is 5.76 Å². The van der Waals surface area contributed by atoms with E-state index in [4.69, 9.17) is 9.15 Å². The highest BCUT2D eigenvalue weighted by atomic mass is 16.6. The summed E-state index contributed by atoms with van der Waals surface area (Å²) in [5.74, 6) is -0.696. The number of ether oxygens (including phenoxy) is 1. The lowest BCUT2D eigenvalue weighted by Gasteiger charge is -2.09. The Labute approximate surface area is 182 Å². The van der Waals surface area contributed by atoms with Crippen molar-refractivity contribution in [2.75, 3.05) is 18.5 Å². The fraction of sp³-hybridized carbons (Fsp3) is 0.286. The van der Waals surface area contributed by atoms with E-state index in [-0.39, 0.29) is 42.7 Å². The Morgan fingerprint density at radius 1 is 1.19 bits per heavy atom. The second-order valence-corrected chi connectivity index (χ2v) is 6.85. The first-order valence-corrected chi connectivity index (χ1v) is 9.94. The predicted molar refractivity (Wildman–Crippen MR) is 116 cm³/mol. The van der Waals surface area contributed by atoms with Crippen molar-refractivity contribution in [2.45, 2.75) is 26.3 Å². The average molecular weight is 442 g/mol. The molecule has 2 N–H and O–H groups in total. The van der Waals surface area contributed by atoms with Gasteiger partial charge in [-0.05, 0) is 31.5 Å². The van der Waals surface area contributed by atoms with Crippen molar-refractivity contribution in [3.63, 3.8) is 0 Å². The number of rotatable bonds is 10. The van der Waals surface area contributed by atoms with Crippen LogP contribution in [0.25, 0.3) is 11.1 Å². The summed E-state index contributed by atoms with van der Waals surface area (Å²) in [5.41, 5.74) is 0.896. The van der Waals surface area contributed by atoms with E-state index < -0.39 is 10.7 Å². The lowest BCUT2D eigenvalue weighted by molar-refractivity contribution is -0.384. The maximum Gasteiger partial charge on any atom is 0.419 e. The number of non-ortho nitro benzene ring substituents is 1. The van der Waals surface area contributed by atoms with Crippen LogP contribution in [0.2, 0.25) is 0 Å². The highest BCUT2D eigenvalue weighted by molar-refractivity contribution is 5.90. The molecule has 11 nitrogen and oxygen atoms in total. The molecule has 0 saturated carbocycles. The van der Waals surface area contributed by atoms with Gasteiger partial charge in [-0.2, -0.15) is 0 Å². The van der Waals surface area contributed by atoms with E-state index in [9.17, 15) is 24.5 Å². The fourth-order valence-electron chi connectivity index (χ4n) is 3.06. The summed E-state index contributed by atoms with van der Waals surface area (Å²) in [6.07, 6.45) is 0.487. The minimum atomic E-state index is -0.641. The Balaban J connectivity index is 1.54. The minimum Gasteiger partial charge on any atom is -0.484 e. The third kappa shape index (κ3) is 5.72. The van der Waals surface area contributed by atoms with Crippen molar-refractivity contribution < 1.29 is 23.7 Å². The van der Waals surface area contributed by atoms with Gasteiger partial charge in [0.1, 0.15) is 5.75 Å². The molecule has 3 rings (SSSR count). The topological polar surface area (TPSA) is 146 Å². The van der Waals surface area contributed by atoms with Crippen LogP contribution in [0.15, 0.2) is 51.7 Å². The third-order valence-corrected chi connectivity index (χ3v) is 4.51. The van der Waals surface area contributed by atoms with Crippen LogP contribution in [0, 0.1) is 10.1 Å². The van der Waals surface area contributed by atoms with E-state index in [1.807, 2.05) is 6.92 Å². The van der Waals surface area contributed by atoms with Crippen molar-refractivity contribution in [3.05, 3.63) is 63.1 Å². The number of carbonyl (C=O) groups excluding carboxylic acids is 2. The lowest BCUT2D eigenvalue weighted by Crippen LogP contribution is -2.28. The monoisotopic (exact) mass is 442 g/mol. The number of oxazole rings is 1. The maximum absolute atomic E-state index is 12.3. The number of anilines is 1. The zero-order valence-corrected chi connectivity index (χ0v) is 17.3. The molecule has 2 aromatic carbocycles. The summed E-state index contributed by atoms with van der Waals surface area (Å²) >= 11 is 0. The van der Waals surface area contributed by atoms with Gasteiger partial charge in [0.15, 0.2) is 12.2 Å². The fourth-order valence-corrected chi connectivity index (χ4v) is 3.06. The van der Waals surface area contributed by atoms with Crippen LogP contribution in [0.3, 0.4) is 0 Å². The number of benzene rings is 2. The molecule has 0 aliphatic carbocycles. The van der Waals surface area contributed by atoms with Gasteiger partial charge < -0.3 is 19.8 Å². The highest BCUT2D eigenvalue weighted by Gasteiger charge is 2.14. The molecule has 168 valence electrons. The molecule has 0 saturated heterocycles. The SMILES string of the molecule is CCNC(=O)COc1cccc(NC(=O)CCCn2c(=O)oc3cc([N+](=O)[O-])ccc32)c1. The number of aryl methyl sites for hydroxylation is 1. The van der Waals surface area contributed by atoms with Crippen molar-refractivity contribution in [2.24, 2.45) is 0 Å². The molecule has 0 unspecified atom stereocenters. The van der Waals surface area contributed by atoms with Crippen LogP contribution < -0.4 is 21.1 Å². The van der Waals surface area contributed by atoms with E-state index in [2.05, 4.69) is 10.6 Å².